The first-order valence-corrected chi connectivity index (χ1v) is 8.19. The van der Waals surface area contributed by atoms with E-state index in [1.54, 1.807) is 6.33 Å². The van der Waals surface area contributed by atoms with E-state index in [0.717, 1.165) is 37.8 Å². The molecule has 0 spiro atoms. The van der Waals surface area contributed by atoms with Crippen molar-refractivity contribution in [3.05, 3.63) is 12.4 Å². The Morgan fingerprint density at radius 2 is 1.32 bits per heavy atom. The highest BCUT2D eigenvalue weighted by Gasteiger charge is 2.27. The zero-order valence-electron chi connectivity index (χ0n) is 14.2. The Kier molecular flexibility index (Phi) is 4.49. The molecule has 1 aromatic rings. The molecule has 2 aliphatic heterocycles. The molecule has 0 N–H and O–H groups in total. The van der Waals surface area contributed by atoms with Crippen LogP contribution in [0.3, 0.4) is 0 Å². The van der Waals surface area contributed by atoms with Gasteiger partial charge in [-0.3, -0.25) is 0 Å². The fourth-order valence-electron chi connectivity index (χ4n) is 3.43. The predicted octanol–water partition coefficient (Wildman–Crippen LogP) is 0.757. The highest BCUT2D eigenvalue weighted by Crippen LogP contribution is 2.25. The minimum atomic E-state index is 0.628. The van der Waals surface area contributed by atoms with E-state index in [9.17, 15) is 0 Å². The van der Waals surface area contributed by atoms with E-state index in [4.69, 9.17) is 0 Å². The van der Waals surface area contributed by atoms with Crippen LogP contribution in [0.4, 0.5) is 11.6 Å². The molecule has 3 heterocycles. The Morgan fingerprint density at radius 3 is 1.68 bits per heavy atom. The topological polar surface area (TPSA) is 38.7 Å². The summed E-state index contributed by atoms with van der Waals surface area (Å²) in [5.74, 6) is 2.14. The molecule has 0 aromatic carbocycles. The highest BCUT2D eigenvalue weighted by atomic mass is 15.3. The fraction of sp³-hybridized carbons (Fsp3) is 0.750. The van der Waals surface area contributed by atoms with Crippen LogP contribution in [-0.4, -0.2) is 86.2 Å². The molecule has 6 heteroatoms. The van der Waals surface area contributed by atoms with Crippen LogP contribution in [0.1, 0.15) is 12.8 Å². The van der Waals surface area contributed by atoms with Crippen LogP contribution in [0.2, 0.25) is 0 Å². The van der Waals surface area contributed by atoms with Crippen LogP contribution in [0, 0.1) is 0 Å². The quantitative estimate of drug-likeness (QED) is 0.818. The predicted molar refractivity (Wildman–Crippen MR) is 90.6 cm³/mol. The van der Waals surface area contributed by atoms with Crippen molar-refractivity contribution in [2.24, 2.45) is 0 Å². The fourth-order valence-corrected chi connectivity index (χ4v) is 3.43. The third kappa shape index (κ3) is 3.17. The van der Waals surface area contributed by atoms with Crippen molar-refractivity contribution in [1.82, 2.24) is 19.8 Å². The van der Waals surface area contributed by atoms with E-state index in [-0.39, 0.29) is 0 Å². The molecule has 0 aliphatic carbocycles. The Balaban J connectivity index is 1.69. The van der Waals surface area contributed by atoms with Gasteiger partial charge in [0.1, 0.15) is 18.0 Å². The van der Waals surface area contributed by atoms with E-state index < -0.39 is 0 Å². The SMILES string of the molecule is CN(C)[C@H]1CCN(c2cc(N3CC[C@H](N(C)C)C3)ncn2)C1. The molecule has 22 heavy (non-hydrogen) atoms. The van der Waals surface area contributed by atoms with Crippen molar-refractivity contribution < 1.29 is 0 Å². The molecule has 6 nitrogen and oxygen atoms in total. The molecule has 2 saturated heterocycles. The van der Waals surface area contributed by atoms with Crippen molar-refractivity contribution in [3.63, 3.8) is 0 Å². The number of rotatable bonds is 4. The van der Waals surface area contributed by atoms with Crippen molar-refractivity contribution in [1.29, 1.82) is 0 Å². The van der Waals surface area contributed by atoms with Gasteiger partial charge in [0.15, 0.2) is 0 Å². The van der Waals surface area contributed by atoms with Crippen LogP contribution in [-0.2, 0) is 0 Å². The van der Waals surface area contributed by atoms with E-state index in [1.165, 1.54) is 12.8 Å². The summed E-state index contributed by atoms with van der Waals surface area (Å²) in [6, 6.07) is 3.42. The minimum Gasteiger partial charge on any atom is -0.355 e. The van der Waals surface area contributed by atoms with Gasteiger partial charge in [-0.15, -0.1) is 0 Å². The largest absolute Gasteiger partial charge is 0.355 e. The van der Waals surface area contributed by atoms with Crippen molar-refractivity contribution in [2.45, 2.75) is 24.9 Å². The third-order valence-electron chi connectivity index (χ3n) is 5.07. The second-order valence-corrected chi connectivity index (χ2v) is 6.94. The molecule has 0 amide bonds. The van der Waals surface area contributed by atoms with E-state index >= 15 is 0 Å². The van der Waals surface area contributed by atoms with Gasteiger partial charge in [-0.25, -0.2) is 9.97 Å². The molecule has 0 saturated carbocycles. The number of likely N-dealkylation sites (N-methyl/N-ethyl adjacent to an activating group) is 2. The standard InChI is InChI=1S/C16H28N6/c1-19(2)13-5-7-21(10-13)15-9-16(18-12-17-15)22-8-6-14(11-22)20(3)4/h9,12-14H,5-8,10-11H2,1-4H3/t13-,14-/m0/s1. The summed E-state index contributed by atoms with van der Waals surface area (Å²) in [6.07, 6.45) is 4.13. The van der Waals surface area contributed by atoms with Gasteiger partial charge in [-0.2, -0.15) is 0 Å². The first-order chi connectivity index (χ1) is 10.5. The summed E-state index contributed by atoms with van der Waals surface area (Å²) < 4.78 is 0. The summed E-state index contributed by atoms with van der Waals surface area (Å²) >= 11 is 0. The van der Waals surface area contributed by atoms with Gasteiger partial charge >= 0.3 is 0 Å². The van der Waals surface area contributed by atoms with Crippen LogP contribution >= 0.6 is 0 Å². The Morgan fingerprint density at radius 1 is 0.864 bits per heavy atom. The Labute approximate surface area is 133 Å². The van der Waals surface area contributed by atoms with Crippen molar-refractivity contribution in [2.75, 3.05) is 64.2 Å². The second kappa shape index (κ2) is 6.38. The van der Waals surface area contributed by atoms with Crippen molar-refractivity contribution in [3.8, 4) is 0 Å². The summed E-state index contributed by atoms with van der Waals surface area (Å²) in [6.45, 7) is 4.28. The summed E-state index contributed by atoms with van der Waals surface area (Å²) in [5, 5.41) is 0. The monoisotopic (exact) mass is 304 g/mol. The number of hydrogen-bond donors (Lipinski definition) is 0. The molecule has 2 fully saturated rings. The van der Waals surface area contributed by atoms with Crippen LogP contribution < -0.4 is 9.80 Å². The Bertz CT molecular complexity index is 462. The molecule has 1 aromatic heterocycles. The van der Waals surface area contributed by atoms with Gasteiger partial charge in [0, 0.05) is 44.3 Å². The van der Waals surface area contributed by atoms with Gasteiger partial charge < -0.3 is 19.6 Å². The van der Waals surface area contributed by atoms with E-state index in [1.807, 2.05) is 0 Å². The first kappa shape index (κ1) is 15.5. The van der Waals surface area contributed by atoms with Crippen LogP contribution in [0.5, 0.6) is 0 Å². The maximum absolute atomic E-state index is 4.50. The molecular formula is C16H28N6. The lowest BCUT2D eigenvalue weighted by Gasteiger charge is -2.23. The number of anilines is 2. The summed E-state index contributed by atoms with van der Waals surface area (Å²) in [5.41, 5.74) is 0. The lowest BCUT2D eigenvalue weighted by Crippen LogP contribution is -2.32. The average molecular weight is 304 g/mol. The maximum atomic E-state index is 4.50. The molecule has 0 bridgehead atoms. The maximum Gasteiger partial charge on any atom is 0.134 e. The number of nitrogens with zero attached hydrogens (tertiary/aromatic N) is 6. The third-order valence-corrected chi connectivity index (χ3v) is 5.07. The van der Waals surface area contributed by atoms with E-state index in [2.05, 4.69) is 63.8 Å². The highest BCUT2D eigenvalue weighted by molar-refractivity contribution is 5.51. The van der Waals surface area contributed by atoms with Gasteiger partial charge in [-0.05, 0) is 41.0 Å². The molecule has 3 rings (SSSR count). The lowest BCUT2D eigenvalue weighted by molar-refractivity contribution is 0.315. The average Bonchev–Trinajstić information content (AvgIpc) is 3.17. The molecule has 2 aliphatic rings. The summed E-state index contributed by atoms with van der Waals surface area (Å²) in [4.78, 5) is 18.4. The zero-order chi connectivity index (χ0) is 15.7. The normalized spacial score (nSPS) is 25.7. The second-order valence-electron chi connectivity index (χ2n) is 6.94. The van der Waals surface area contributed by atoms with Crippen LogP contribution in [0.25, 0.3) is 0 Å². The lowest BCUT2D eigenvalue weighted by atomic mass is 10.2. The minimum absolute atomic E-state index is 0.628. The summed E-state index contributed by atoms with van der Waals surface area (Å²) in [7, 11) is 8.63. The molecule has 0 radical (unpaired) electrons. The molecular weight excluding hydrogens is 276 g/mol. The first-order valence-electron chi connectivity index (χ1n) is 8.19. The number of aromatic nitrogens is 2. The van der Waals surface area contributed by atoms with Gasteiger partial charge in [-0.1, -0.05) is 0 Å². The van der Waals surface area contributed by atoms with Crippen molar-refractivity contribution >= 4 is 11.6 Å². The molecule has 0 unspecified atom stereocenters. The van der Waals surface area contributed by atoms with Crippen LogP contribution in [0.15, 0.2) is 12.4 Å². The molecule has 122 valence electrons. The zero-order valence-corrected chi connectivity index (χ0v) is 14.2. The van der Waals surface area contributed by atoms with Gasteiger partial charge in [0.25, 0.3) is 0 Å². The van der Waals surface area contributed by atoms with E-state index in [0.29, 0.717) is 12.1 Å². The number of hydrogen-bond acceptors (Lipinski definition) is 6. The van der Waals surface area contributed by atoms with Gasteiger partial charge in [0.05, 0.1) is 0 Å². The smallest absolute Gasteiger partial charge is 0.134 e. The Hall–Kier alpha value is -1.40. The molecule has 2 atom stereocenters. The van der Waals surface area contributed by atoms with Gasteiger partial charge in [0.2, 0.25) is 0 Å².